The number of rotatable bonds is 5. The van der Waals surface area contributed by atoms with E-state index in [4.69, 9.17) is 0 Å². The van der Waals surface area contributed by atoms with Crippen LogP contribution in [-0.4, -0.2) is 36.8 Å². The highest BCUT2D eigenvalue weighted by molar-refractivity contribution is 5.85. The van der Waals surface area contributed by atoms with Crippen molar-refractivity contribution in [2.24, 2.45) is 0 Å². The Labute approximate surface area is 186 Å². The molecule has 0 unspecified atom stereocenters. The van der Waals surface area contributed by atoms with E-state index in [0.29, 0.717) is 17.9 Å². The molecule has 0 spiro atoms. The largest absolute Gasteiger partial charge is 0.378 e. The fourth-order valence-electron chi connectivity index (χ4n) is 4.22. The number of nitrogens with zero attached hydrogens (tertiary/aromatic N) is 4. The second-order valence-corrected chi connectivity index (χ2v) is 8.63. The van der Waals surface area contributed by atoms with E-state index in [0.717, 1.165) is 35.6 Å². The van der Waals surface area contributed by atoms with Crippen molar-refractivity contribution in [2.75, 3.05) is 42.8 Å². The maximum absolute atomic E-state index is 13.7. The highest BCUT2D eigenvalue weighted by Gasteiger charge is 2.34. The Kier molecular flexibility index (Phi) is 4.89. The lowest BCUT2D eigenvalue weighted by atomic mass is 10.1. The predicted molar refractivity (Wildman–Crippen MR) is 130 cm³/mol. The average Bonchev–Trinajstić information content (AvgIpc) is 3.62. The molecule has 0 atom stereocenters. The first kappa shape index (κ1) is 20.2. The van der Waals surface area contributed by atoms with E-state index in [-0.39, 0.29) is 17.3 Å². The summed E-state index contributed by atoms with van der Waals surface area (Å²) in [6.07, 6.45) is 3.73. The third-order valence-electron chi connectivity index (χ3n) is 6.03. The van der Waals surface area contributed by atoms with Gasteiger partial charge in [0.05, 0.1) is 11.4 Å². The second kappa shape index (κ2) is 7.75. The van der Waals surface area contributed by atoms with E-state index in [9.17, 15) is 9.59 Å². The first-order valence-electron chi connectivity index (χ1n) is 10.9. The van der Waals surface area contributed by atoms with Crippen LogP contribution < -0.4 is 26.4 Å². The van der Waals surface area contributed by atoms with E-state index >= 15 is 0 Å². The van der Waals surface area contributed by atoms with Crippen LogP contribution in [0.2, 0.25) is 0 Å². The molecule has 32 heavy (non-hydrogen) atoms. The lowest BCUT2D eigenvalue weighted by Gasteiger charge is -2.31. The van der Waals surface area contributed by atoms with E-state index in [1.54, 1.807) is 4.57 Å². The summed E-state index contributed by atoms with van der Waals surface area (Å²) in [6.45, 7) is 0.585. The molecule has 7 nitrogen and oxygen atoms in total. The summed E-state index contributed by atoms with van der Waals surface area (Å²) in [5, 5.41) is 3.46. The monoisotopic (exact) mass is 429 g/mol. The van der Waals surface area contributed by atoms with E-state index in [1.807, 2.05) is 91.6 Å². The van der Waals surface area contributed by atoms with Crippen LogP contribution in [0.4, 0.5) is 17.2 Å². The standard InChI is InChI=1S/C25H27N5O2/c1-27(2)20-11-7-8-17(16-20)26-21-14-15-28(3)23-22(21)24(31)30(19-12-13-19)25(32)29(23)18-9-5-4-6-10-18/h4-11,14,16,19,26H,12-13,15H2,1-3H3. The molecule has 0 radical (unpaired) electrons. The Morgan fingerprint density at radius 3 is 2.44 bits per heavy atom. The number of likely N-dealkylation sites (N-methyl/N-ethyl adjacent to an activating group) is 1. The van der Waals surface area contributed by atoms with Gasteiger partial charge in [0.1, 0.15) is 11.4 Å². The Morgan fingerprint density at radius 2 is 1.75 bits per heavy atom. The first-order valence-corrected chi connectivity index (χ1v) is 10.9. The summed E-state index contributed by atoms with van der Waals surface area (Å²) in [7, 11) is 5.91. The Hall–Kier alpha value is -3.74. The molecule has 1 fully saturated rings. The molecule has 0 saturated heterocycles. The molecule has 164 valence electrons. The number of para-hydroxylation sites is 1. The predicted octanol–water partition coefficient (Wildman–Crippen LogP) is 3.30. The summed E-state index contributed by atoms with van der Waals surface area (Å²) >= 11 is 0. The molecule has 2 heterocycles. The molecular formula is C25H27N5O2. The van der Waals surface area contributed by atoms with Crippen molar-refractivity contribution in [3.8, 4) is 5.69 Å². The topological polar surface area (TPSA) is 62.5 Å². The van der Waals surface area contributed by atoms with Gasteiger partial charge in [0.15, 0.2) is 0 Å². The molecule has 1 saturated carbocycles. The summed E-state index contributed by atoms with van der Waals surface area (Å²) in [5.74, 6) is 0.622. The van der Waals surface area contributed by atoms with Gasteiger partial charge in [0, 0.05) is 45.1 Å². The summed E-state index contributed by atoms with van der Waals surface area (Å²) < 4.78 is 3.12. The van der Waals surface area contributed by atoms with Gasteiger partial charge in [0.2, 0.25) is 0 Å². The highest BCUT2D eigenvalue weighted by Crippen LogP contribution is 2.35. The van der Waals surface area contributed by atoms with Crippen molar-refractivity contribution in [1.82, 2.24) is 9.13 Å². The van der Waals surface area contributed by atoms with Gasteiger partial charge < -0.3 is 15.1 Å². The normalized spacial score (nSPS) is 15.2. The number of hydrogen-bond donors (Lipinski definition) is 1. The van der Waals surface area contributed by atoms with Gasteiger partial charge in [-0.2, -0.15) is 0 Å². The lowest BCUT2D eigenvalue weighted by molar-refractivity contribution is 0.624. The van der Waals surface area contributed by atoms with Gasteiger partial charge in [-0.05, 0) is 49.2 Å². The number of benzene rings is 2. The third kappa shape index (κ3) is 3.39. The maximum Gasteiger partial charge on any atom is 0.337 e. The summed E-state index contributed by atoms with van der Waals surface area (Å²) in [4.78, 5) is 31.2. The number of anilines is 3. The molecule has 7 heteroatoms. The Bertz CT molecular complexity index is 1320. The van der Waals surface area contributed by atoms with Gasteiger partial charge in [-0.3, -0.25) is 9.36 Å². The minimum absolute atomic E-state index is 0.0270. The van der Waals surface area contributed by atoms with Gasteiger partial charge in [0.25, 0.3) is 5.56 Å². The smallest absolute Gasteiger partial charge is 0.337 e. The number of aromatic nitrogens is 2. The van der Waals surface area contributed by atoms with E-state index < -0.39 is 0 Å². The van der Waals surface area contributed by atoms with Gasteiger partial charge in [-0.1, -0.05) is 24.3 Å². The minimum atomic E-state index is -0.273. The molecule has 5 rings (SSSR count). The summed E-state index contributed by atoms with van der Waals surface area (Å²) in [6, 6.07) is 17.6. The Balaban J connectivity index is 1.72. The van der Waals surface area contributed by atoms with Gasteiger partial charge >= 0.3 is 5.69 Å². The van der Waals surface area contributed by atoms with Crippen molar-refractivity contribution >= 4 is 22.9 Å². The van der Waals surface area contributed by atoms with Crippen LogP contribution in [-0.2, 0) is 0 Å². The average molecular weight is 430 g/mol. The molecule has 0 bridgehead atoms. The van der Waals surface area contributed by atoms with Gasteiger partial charge in [-0.25, -0.2) is 9.36 Å². The van der Waals surface area contributed by atoms with E-state index in [1.165, 1.54) is 4.57 Å². The summed E-state index contributed by atoms with van der Waals surface area (Å²) in [5.41, 5.74) is 3.48. The van der Waals surface area contributed by atoms with Crippen molar-refractivity contribution < 1.29 is 0 Å². The van der Waals surface area contributed by atoms with Gasteiger partial charge in [-0.15, -0.1) is 0 Å². The van der Waals surface area contributed by atoms with Crippen LogP contribution in [0.15, 0.2) is 70.3 Å². The zero-order valence-electron chi connectivity index (χ0n) is 18.6. The Morgan fingerprint density at radius 1 is 1.00 bits per heavy atom. The molecule has 0 amide bonds. The SMILES string of the molecule is CN(C)c1cccc(NC2=CCN(C)c3c2c(=O)n(C2CC2)c(=O)n3-c2ccccc2)c1. The van der Waals surface area contributed by atoms with Crippen LogP contribution >= 0.6 is 0 Å². The van der Waals surface area contributed by atoms with Crippen molar-refractivity contribution in [3.63, 3.8) is 0 Å². The zero-order chi connectivity index (χ0) is 22.4. The molecule has 3 aromatic rings. The highest BCUT2D eigenvalue weighted by atomic mass is 16.2. The first-order chi connectivity index (χ1) is 15.5. The van der Waals surface area contributed by atoms with Crippen LogP contribution in [0, 0.1) is 0 Å². The van der Waals surface area contributed by atoms with E-state index in [2.05, 4.69) is 5.32 Å². The number of hydrogen-bond acceptors (Lipinski definition) is 5. The minimum Gasteiger partial charge on any atom is -0.378 e. The van der Waals surface area contributed by atoms with Crippen LogP contribution in [0.25, 0.3) is 11.4 Å². The molecule has 2 aromatic carbocycles. The second-order valence-electron chi connectivity index (χ2n) is 8.63. The molecule has 2 aliphatic rings. The molecule has 1 aliphatic heterocycles. The fourth-order valence-corrected chi connectivity index (χ4v) is 4.22. The maximum atomic E-state index is 13.7. The van der Waals surface area contributed by atoms with Crippen molar-refractivity contribution in [1.29, 1.82) is 0 Å². The number of nitrogens with one attached hydrogen (secondary N) is 1. The van der Waals surface area contributed by atoms with Crippen LogP contribution in [0.1, 0.15) is 24.4 Å². The molecule has 1 N–H and O–H groups in total. The van der Waals surface area contributed by atoms with Crippen LogP contribution in [0.3, 0.4) is 0 Å². The van der Waals surface area contributed by atoms with Crippen molar-refractivity contribution in [3.05, 3.63) is 87.1 Å². The molecule has 1 aliphatic carbocycles. The quantitative estimate of drug-likeness (QED) is 0.674. The zero-order valence-corrected chi connectivity index (χ0v) is 18.6. The molecule has 1 aromatic heterocycles. The third-order valence-corrected chi connectivity index (χ3v) is 6.03. The van der Waals surface area contributed by atoms with Crippen molar-refractivity contribution in [2.45, 2.75) is 18.9 Å². The fraction of sp³-hybridized carbons (Fsp3) is 0.280. The number of fused-ring (bicyclic) bond motifs is 1. The lowest BCUT2D eigenvalue weighted by Crippen LogP contribution is -2.45. The van der Waals surface area contributed by atoms with Crippen LogP contribution in [0.5, 0.6) is 0 Å². The molecular weight excluding hydrogens is 402 g/mol.